The summed E-state index contributed by atoms with van der Waals surface area (Å²) in [5.41, 5.74) is 2.62. The highest BCUT2D eigenvalue weighted by atomic mass is 16.5. The number of nitrogens with zero attached hydrogens (tertiary/aromatic N) is 6. The molecule has 180 valence electrons. The molecule has 8 nitrogen and oxygen atoms in total. The van der Waals surface area contributed by atoms with Gasteiger partial charge in [-0.2, -0.15) is 0 Å². The van der Waals surface area contributed by atoms with Crippen molar-refractivity contribution in [3.63, 3.8) is 0 Å². The van der Waals surface area contributed by atoms with Crippen molar-refractivity contribution in [2.75, 3.05) is 31.6 Å². The van der Waals surface area contributed by atoms with Gasteiger partial charge in [0.15, 0.2) is 11.5 Å². The fraction of sp³-hybridized carbons (Fsp3) is 0.407. The van der Waals surface area contributed by atoms with Gasteiger partial charge in [0.1, 0.15) is 5.75 Å². The number of carbonyl (C=O) groups excluding carboxylic acids is 1. The minimum absolute atomic E-state index is 0.112. The zero-order chi connectivity index (χ0) is 23.9. The largest absolute Gasteiger partial charge is 0.497 e. The van der Waals surface area contributed by atoms with E-state index in [1.165, 1.54) is 12.8 Å². The zero-order valence-electron chi connectivity index (χ0n) is 20.2. The topological polar surface area (TPSA) is 75.9 Å². The first kappa shape index (κ1) is 21.8. The number of methoxy groups -OCH3 is 1. The highest BCUT2D eigenvalue weighted by molar-refractivity contribution is 5.93. The first-order valence-corrected chi connectivity index (χ1v) is 12.5. The number of aromatic nitrogens is 4. The fourth-order valence-corrected chi connectivity index (χ4v) is 5.58. The lowest BCUT2D eigenvalue weighted by atomic mass is 10.0. The molecule has 1 saturated heterocycles. The van der Waals surface area contributed by atoms with Crippen molar-refractivity contribution in [1.82, 2.24) is 24.5 Å². The third-order valence-electron chi connectivity index (χ3n) is 7.47. The Morgan fingerprint density at radius 3 is 2.51 bits per heavy atom. The number of ether oxygens (including phenoxy) is 1. The number of hydrogen-bond acceptors (Lipinski definition) is 6. The van der Waals surface area contributed by atoms with Crippen molar-refractivity contribution in [2.24, 2.45) is 5.92 Å². The molecule has 2 aromatic heterocycles. The van der Waals surface area contributed by atoms with Crippen molar-refractivity contribution in [3.05, 3.63) is 48.5 Å². The molecule has 2 aromatic carbocycles. The standard InChI is InChI=1S/C27H30N6O2/c1-18-17-31(15-16-32(18)26(34)20-7-3-4-8-20)27-28-23-10-6-5-9-22(23)25-30-29-24(33(25)27)19-11-13-21(35-2)14-12-19/h5-6,9-14,18,20H,3-4,7-8,15-17H2,1-2H3. The third-order valence-corrected chi connectivity index (χ3v) is 7.47. The van der Waals surface area contributed by atoms with E-state index in [1.807, 2.05) is 48.5 Å². The zero-order valence-corrected chi connectivity index (χ0v) is 20.2. The predicted octanol–water partition coefficient (Wildman–Crippen LogP) is 4.18. The van der Waals surface area contributed by atoms with E-state index in [-0.39, 0.29) is 12.0 Å². The van der Waals surface area contributed by atoms with Crippen molar-refractivity contribution in [2.45, 2.75) is 38.6 Å². The Labute approximate surface area is 204 Å². The Hall–Kier alpha value is -3.68. The molecule has 3 heterocycles. The molecular formula is C27H30N6O2. The lowest BCUT2D eigenvalue weighted by Gasteiger charge is -2.41. The van der Waals surface area contributed by atoms with Gasteiger partial charge in [0.05, 0.1) is 12.6 Å². The molecule has 8 heteroatoms. The van der Waals surface area contributed by atoms with Crippen LogP contribution in [0.1, 0.15) is 32.6 Å². The van der Waals surface area contributed by atoms with Crippen LogP contribution in [-0.4, -0.2) is 63.2 Å². The maximum atomic E-state index is 13.1. The average Bonchev–Trinajstić information content (AvgIpc) is 3.59. The van der Waals surface area contributed by atoms with Gasteiger partial charge in [-0.05, 0) is 56.2 Å². The Morgan fingerprint density at radius 1 is 1.00 bits per heavy atom. The summed E-state index contributed by atoms with van der Waals surface area (Å²) in [5, 5.41) is 10.1. The van der Waals surface area contributed by atoms with E-state index in [0.29, 0.717) is 12.5 Å². The molecule has 2 aliphatic rings. The third kappa shape index (κ3) is 3.77. The second kappa shape index (κ2) is 8.83. The number of para-hydroxylation sites is 1. The van der Waals surface area contributed by atoms with Gasteiger partial charge in [0.2, 0.25) is 11.9 Å². The summed E-state index contributed by atoms with van der Waals surface area (Å²) in [6, 6.07) is 16.0. The number of piperazine rings is 1. The van der Waals surface area contributed by atoms with Gasteiger partial charge in [-0.15, -0.1) is 10.2 Å². The quantitative estimate of drug-likeness (QED) is 0.445. The molecule has 1 unspecified atom stereocenters. The molecule has 0 bridgehead atoms. The summed E-state index contributed by atoms with van der Waals surface area (Å²) < 4.78 is 7.39. The molecule has 0 radical (unpaired) electrons. The highest BCUT2D eigenvalue weighted by Gasteiger charge is 2.34. The molecule has 1 aliphatic carbocycles. The number of rotatable bonds is 4. The molecule has 0 N–H and O–H groups in total. The van der Waals surface area contributed by atoms with Crippen LogP contribution in [0.4, 0.5) is 5.95 Å². The molecule has 1 amide bonds. The summed E-state index contributed by atoms with van der Waals surface area (Å²) >= 11 is 0. The van der Waals surface area contributed by atoms with Crippen LogP contribution in [0.3, 0.4) is 0 Å². The number of benzene rings is 2. The number of fused-ring (bicyclic) bond motifs is 3. The molecule has 0 spiro atoms. The predicted molar refractivity (Wildman–Crippen MR) is 136 cm³/mol. The van der Waals surface area contributed by atoms with Crippen LogP contribution >= 0.6 is 0 Å². The van der Waals surface area contributed by atoms with Gasteiger partial charge in [-0.3, -0.25) is 4.79 Å². The van der Waals surface area contributed by atoms with Crippen LogP contribution < -0.4 is 9.64 Å². The lowest BCUT2D eigenvalue weighted by molar-refractivity contribution is -0.137. The van der Waals surface area contributed by atoms with Gasteiger partial charge in [-0.25, -0.2) is 9.38 Å². The maximum Gasteiger partial charge on any atom is 0.226 e. The molecule has 1 saturated carbocycles. The Kier molecular flexibility index (Phi) is 5.51. The molecule has 1 aliphatic heterocycles. The summed E-state index contributed by atoms with van der Waals surface area (Å²) in [7, 11) is 1.66. The van der Waals surface area contributed by atoms with Crippen molar-refractivity contribution in [3.8, 4) is 17.1 Å². The minimum atomic E-state index is 0.112. The van der Waals surface area contributed by atoms with Crippen LogP contribution in [0.25, 0.3) is 27.9 Å². The summed E-state index contributed by atoms with van der Waals surface area (Å²) in [6.45, 7) is 4.29. The maximum absolute atomic E-state index is 13.1. The van der Waals surface area contributed by atoms with E-state index in [4.69, 9.17) is 9.72 Å². The van der Waals surface area contributed by atoms with E-state index >= 15 is 0 Å². The lowest BCUT2D eigenvalue weighted by Crippen LogP contribution is -2.55. The normalized spacial score (nSPS) is 19.1. The van der Waals surface area contributed by atoms with Crippen LogP contribution in [0.15, 0.2) is 48.5 Å². The molecule has 4 aromatic rings. The highest BCUT2D eigenvalue weighted by Crippen LogP contribution is 2.32. The van der Waals surface area contributed by atoms with Gasteiger partial charge in [0, 0.05) is 42.5 Å². The van der Waals surface area contributed by atoms with E-state index in [1.54, 1.807) is 7.11 Å². The second-order valence-electron chi connectivity index (χ2n) is 9.65. The fourth-order valence-electron chi connectivity index (χ4n) is 5.58. The Bertz CT molecular complexity index is 1380. The summed E-state index contributed by atoms with van der Waals surface area (Å²) in [5.74, 6) is 2.88. The SMILES string of the molecule is COc1ccc(-c2nnc3c4ccccc4nc(N4CCN(C(=O)C5CCCC5)C(C)C4)n23)cc1. The van der Waals surface area contributed by atoms with Crippen LogP contribution in [0.5, 0.6) is 5.75 Å². The van der Waals surface area contributed by atoms with Crippen LogP contribution in [-0.2, 0) is 4.79 Å². The number of carbonyl (C=O) groups is 1. The number of amides is 1. The smallest absolute Gasteiger partial charge is 0.226 e. The van der Waals surface area contributed by atoms with Crippen molar-refractivity contribution in [1.29, 1.82) is 0 Å². The molecule has 6 rings (SSSR count). The van der Waals surface area contributed by atoms with E-state index < -0.39 is 0 Å². The van der Waals surface area contributed by atoms with Gasteiger partial charge >= 0.3 is 0 Å². The van der Waals surface area contributed by atoms with Crippen molar-refractivity contribution >= 4 is 28.4 Å². The summed E-state index contributed by atoms with van der Waals surface area (Å²) in [4.78, 5) is 22.6. The minimum Gasteiger partial charge on any atom is -0.497 e. The molecule has 35 heavy (non-hydrogen) atoms. The first-order chi connectivity index (χ1) is 17.1. The van der Waals surface area contributed by atoms with Crippen LogP contribution in [0.2, 0.25) is 0 Å². The van der Waals surface area contributed by atoms with E-state index in [0.717, 1.165) is 65.6 Å². The van der Waals surface area contributed by atoms with Gasteiger partial charge < -0.3 is 14.5 Å². The molecule has 2 fully saturated rings. The summed E-state index contributed by atoms with van der Waals surface area (Å²) in [6.07, 6.45) is 4.41. The van der Waals surface area contributed by atoms with Crippen molar-refractivity contribution < 1.29 is 9.53 Å². The van der Waals surface area contributed by atoms with Gasteiger partial charge in [0.25, 0.3) is 0 Å². The monoisotopic (exact) mass is 470 g/mol. The average molecular weight is 471 g/mol. The molecule has 1 atom stereocenters. The molecular weight excluding hydrogens is 440 g/mol. The van der Waals surface area contributed by atoms with Gasteiger partial charge in [-0.1, -0.05) is 25.0 Å². The second-order valence-corrected chi connectivity index (χ2v) is 9.65. The Balaban J connectivity index is 1.40. The number of hydrogen-bond donors (Lipinski definition) is 0. The Morgan fingerprint density at radius 2 is 1.77 bits per heavy atom. The number of anilines is 1. The van der Waals surface area contributed by atoms with E-state index in [2.05, 4.69) is 31.3 Å². The van der Waals surface area contributed by atoms with E-state index in [9.17, 15) is 4.79 Å². The van der Waals surface area contributed by atoms with Crippen LogP contribution in [0, 0.1) is 5.92 Å². The first-order valence-electron chi connectivity index (χ1n) is 12.5.